The highest BCUT2D eigenvalue weighted by molar-refractivity contribution is 6.40. The van der Waals surface area contributed by atoms with Crippen LogP contribution in [0, 0.1) is 6.92 Å². The first-order chi connectivity index (χ1) is 12.0. The van der Waals surface area contributed by atoms with Crippen molar-refractivity contribution in [2.45, 2.75) is 38.6 Å². The maximum Gasteiger partial charge on any atom is 0.270 e. The fourth-order valence-corrected chi connectivity index (χ4v) is 3.30. The number of methoxy groups -OCH3 is 1. The maximum absolute atomic E-state index is 12.9. The molecular formula is C18H21N3O4. The van der Waals surface area contributed by atoms with Crippen molar-refractivity contribution >= 4 is 23.3 Å². The molecule has 0 bridgehead atoms. The monoisotopic (exact) mass is 343 g/mol. The number of hydrogen-bond donors (Lipinski definition) is 1. The van der Waals surface area contributed by atoms with E-state index >= 15 is 0 Å². The van der Waals surface area contributed by atoms with Gasteiger partial charge in [-0.05, 0) is 43.5 Å². The molecule has 0 aliphatic carbocycles. The zero-order valence-corrected chi connectivity index (χ0v) is 14.4. The Balaban J connectivity index is 1.79. The van der Waals surface area contributed by atoms with Crippen molar-refractivity contribution in [2.24, 2.45) is 5.10 Å². The van der Waals surface area contributed by atoms with Crippen molar-refractivity contribution < 1.29 is 19.1 Å². The Kier molecular flexibility index (Phi) is 4.83. The van der Waals surface area contributed by atoms with Crippen LogP contribution in [0.25, 0.3) is 0 Å². The molecule has 0 spiro atoms. The van der Waals surface area contributed by atoms with E-state index in [9.17, 15) is 14.4 Å². The summed E-state index contributed by atoms with van der Waals surface area (Å²) in [5, 5.41) is 3.86. The van der Waals surface area contributed by atoms with Crippen LogP contribution in [0.3, 0.4) is 0 Å². The van der Waals surface area contributed by atoms with Gasteiger partial charge in [-0.15, -0.1) is 0 Å². The lowest BCUT2D eigenvalue weighted by Gasteiger charge is -2.25. The molecule has 1 atom stereocenters. The predicted octanol–water partition coefficient (Wildman–Crippen LogP) is 1.44. The predicted molar refractivity (Wildman–Crippen MR) is 91.6 cm³/mol. The SMILES string of the molecule is COc1ccc(C(=O)C2CCCN2C(=O)C2=NNC(=O)CC2)cc1C. The van der Waals surface area contributed by atoms with E-state index in [-0.39, 0.29) is 24.0 Å². The van der Waals surface area contributed by atoms with Gasteiger partial charge < -0.3 is 9.64 Å². The minimum atomic E-state index is -0.486. The van der Waals surface area contributed by atoms with Crippen LogP contribution in [-0.4, -0.2) is 47.9 Å². The Morgan fingerprint density at radius 1 is 1.32 bits per heavy atom. The third-order valence-electron chi connectivity index (χ3n) is 4.65. The number of Topliss-reactive ketones (excluding diaryl/α,β-unsaturated/α-hetero) is 1. The topological polar surface area (TPSA) is 88.1 Å². The van der Waals surface area contributed by atoms with Gasteiger partial charge in [-0.3, -0.25) is 14.4 Å². The van der Waals surface area contributed by atoms with E-state index in [0.29, 0.717) is 30.7 Å². The molecule has 3 rings (SSSR count). The normalized spacial score (nSPS) is 20.1. The lowest BCUT2D eigenvalue weighted by atomic mass is 9.99. The molecule has 0 saturated carbocycles. The smallest absolute Gasteiger partial charge is 0.270 e. The molecular weight excluding hydrogens is 322 g/mol. The number of rotatable bonds is 4. The van der Waals surface area contributed by atoms with E-state index < -0.39 is 6.04 Å². The molecule has 0 radical (unpaired) electrons. The van der Waals surface area contributed by atoms with Gasteiger partial charge in [0.25, 0.3) is 5.91 Å². The number of ether oxygens (including phenoxy) is 1. The van der Waals surface area contributed by atoms with Crippen LogP contribution < -0.4 is 10.2 Å². The van der Waals surface area contributed by atoms with Crippen molar-refractivity contribution in [1.29, 1.82) is 0 Å². The van der Waals surface area contributed by atoms with Crippen molar-refractivity contribution in [3.05, 3.63) is 29.3 Å². The fraction of sp³-hybridized carbons (Fsp3) is 0.444. The standard InChI is InChI=1S/C18H21N3O4/c1-11-10-12(5-7-15(11)25-2)17(23)14-4-3-9-21(14)18(24)13-6-8-16(22)20-19-13/h5,7,10,14H,3-4,6,8-9H2,1-2H3,(H,20,22). The third kappa shape index (κ3) is 3.40. The minimum absolute atomic E-state index is 0.0722. The highest BCUT2D eigenvalue weighted by Gasteiger charge is 2.37. The Labute approximate surface area is 146 Å². The number of aryl methyl sites for hydroxylation is 1. The molecule has 1 fully saturated rings. The molecule has 1 aromatic rings. The lowest BCUT2D eigenvalue weighted by molar-refractivity contribution is -0.124. The van der Waals surface area contributed by atoms with Crippen LogP contribution in [0.4, 0.5) is 0 Å². The largest absolute Gasteiger partial charge is 0.496 e. The Hall–Kier alpha value is -2.70. The highest BCUT2D eigenvalue weighted by Crippen LogP contribution is 2.25. The molecule has 25 heavy (non-hydrogen) atoms. The molecule has 2 aliphatic heterocycles. The summed E-state index contributed by atoms with van der Waals surface area (Å²) in [6.45, 7) is 2.41. The number of nitrogens with one attached hydrogen (secondary N) is 1. The summed E-state index contributed by atoms with van der Waals surface area (Å²) >= 11 is 0. The van der Waals surface area contributed by atoms with Gasteiger partial charge in [0.2, 0.25) is 5.91 Å². The average molecular weight is 343 g/mol. The van der Waals surface area contributed by atoms with Gasteiger partial charge >= 0.3 is 0 Å². The molecule has 1 N–H and O–H groups in total. The van der Waals surface area contributed by atoms with E-state index in [1.165, 1.54) is 0 Å². The number of benzene rings is 1. The number of carbonyl (C=O) groups excluding carboxylic acids is 3. The second kappa shape index (κ2) is 7.04. The number of nitrogens with zero attached hydrogens (tertiary/aromatic N) is 2. The van der Waals surface area contributed by atoms with Gasteiger partial charge in [0, 0.05) is 24.9 Å². The number of amides is 2. The molecule has 2 aliphatic rings. The number of carbonyl (C=O) groups is 3. The molecule has 1 saturated heterocycles. The lowest BCUT2D eigenvalue weighted by Crippen LogP contribution is -2.45. The van der Waals surface area contributed by atoms with Crippen LogP contribution in [0.5, 0.6) is 5.75 Å². The van der Waals surface area contributed by atoms with Gasteiger partial charge in [0.1, 0.15) is 11.5 Å². The highest BCUT2D eigenvalue weighted by atomic mass is 16.5. The quantitative estimate of drug-likeness (QED) is 0.838. The average Bonchev–Trinajstić information content (AvgIpc) is 3.10. The fourth-order valence-electron chi connectivity index (χ4n) is 3.30. The van der Waals surface area contributed by atoms with Crippen LogP contribution >= 0.6 is 0 Å². The molecule has 1 aromatic carbocycles. The number of hydrazone groups is 1. The summed E-state index contributed by atoms with van der Waals surface area (Å²) in [6.07, 6.45) is 1.96. The van der Waals surface area contributed by atoms with Crippen molar-refractivity contribution in [3.63, 3.8) is 0 Å². The Bertz CT molecular complexity index is 757. The van der Waals surface area contributed by atoms with Crippen LogP contribution in [0.1, 0.15) is 41.6 Å². The number of hydrogen-bond acceptors (Lipinski definition) is 5. The molecule has 2 heterocycles. The van der Waals surface area contributed by atoms with Gasteiger partial charge in [0.05, 0.1) is 13.2 Å². The molecule has 1 unspecified atom stereocenters. The van der Waals surface area contributed by atoms with E-state index in [1.54, 1.807) is 30.2 Å². The van der Waals surface area contributed by atoms with Crippen molar-refractivity contribution in [2.75, 3.05) is 13.7 Å². The second-order valence-corrected chi connectivity index (χ2v) is 6.30. The van der Waals surface area contributed by atoms with Crippen LogP contribution in [0.15, 0.2) is 23.3 Å². The summed E-state index contributed by atoms with van der Waals surface area (Å²) in [7, 11) is 1.59. The van der Waals surface area contributed by atoms with Crippen molar-refractivity contribution in [1.82, 2.24) is 10.3 Å². The maximum atomic E-state index is 12.9. The summed E-state index contributed by atoms with van der Waals surface area (Å²) in [5.74, 6) is 0.195. The van der Waals surface area contributed by atoms with Gasteiger partial charge in [0.15, 0.2) is 5.78 Å². The number of ketones is 1. The molecule has 7 heteroatoms. The molecule has 7 nitrogen and oxygen atoms in total. The van der Waals surface area contributed by atoms with Crippen LogP contribution in [0.2, 0.25) is 0 Å². The van der Waals surface area contributed by atoms with E-state index in [0.717, 1.165) is 17.7 Å². The van der Waals surface area contributed by atoms with Gasteiger partial charge in [-0.25, -0.2) is 5.43 Å². The third-order valence-corrected chi connectivity index (χ3v) is 4.65. The Morgan fingerprint density at radius 2 is 2.12 bits per heavy atom. The Morgan fingerprint density at radius 3 is 2.76 bits per heavy atom. The summed E-state index contributed by atoms with van der Waals surface area (Å²) < 4.78 is 5.23. The van der Waals surface area contributed by atoms with E-state index in [2.05, 4.69) is 10.5 Å². The second-order valence-electron chi connectivity index (χ2n) is 6.30. The van der Waals surface area contributed by atoms with E-state index in [1.807, 2.05) is 6.92 Å². The summed E-state index contributed by atoms with van der Waals surface area (Å²) in [4.78, 5) is 38.4. The molecule has 0 aromatic heterocycles. The first-order valence-corrected chi connectivity index (χ1v) is 8.36. The molecule has 132 valence electrons. The first kappa shape index (κ1) is 17.1. The van der Waals surface area contributed by atoms with Crippen LogP contribution in [-0.2, 0) is 9.59 Å². The zero-order chi connectivity index (χ0) is 18.0. The zero-order valence-electron chi connectivity index (χ0n) is 14.4. The first-order valence-electron chi connectivity index (χ1n) is 8.36. The van der Waals surface area contributed by atoms with E-state index in [4.69, 9.17) is 4.74 Å². The number of likely N-dealkylation sites (tertiary alicyclic amines) is 1. The molecule has 2 amide bonds. The minimum Gasteiger partial charge on any atom is -0.496 e. The van der Waals surface area contributed by atoms with Gasteiger partial charge in [-0.1, -0.05) is 0 Å². The summed E-state index contributed by atoms with van der Waals surface area (Å²) in [5.41, 5.74) is 4.09. The van der Waals surface area contributed by atoms with Gasteiger partial charge in [-0.2, -0.15) is 5.10 Å². The van der Waals surface area contributed by atoms with Crippen molar-refractivity contribution in [3.8, 4) is 5.75 Å². The summed E-state index contributed by atoms with van der Waals surface area (Å²) in [6, 6.07) is 4.80.